The van der Waals surface area contributed by atoms with E-state index in [-0.39, 0.29) is 11.8 Å². The number of hydrogen-bond donors (Lipinski definition) is 1. The third-order valence-corrected chi connectivity index (χ3v) is 2.58. The van der Waals surface area contributed by atoms with E-state index in [1.807, 2.05) is 0 Å². The summed E-state index contributed by atoms with van der Waals surface area (Å²) in [6, 6.07) is 7.11. The molecule has 1 aliphatic heterocycles. The zero-order valence-corrected chi connectivity index (χ0v) is 9.36. The van der Waals surface area contributed by atoms with Gasteiger partial charge < -0.3 is 0 Å². The first-order chi connectivity index (χ1) is 8.11. The minimum Gasteiger partial charge on any atom is -0.274 e. The van der Waals surface area contributed by atoms with E-state index < -0.39 is 0 Å². The van der Waals surface area contributed by atoms with Crippen LogP contribution in [0.3, 0.4) is 0 Å². The van der Waals surface area contributed by atoms with E-state index in [0.29, 0.717) is 24.1 Å². The van der Waals surface area contributed by atoms with Gasteiger partial charge in [-0.2, -0.15) is 5.26 Å². The standard InChI is InChI=1S/C12H11N3O2/c1-8(16)14-15-11-4-2-9(7-13)6-10(11)3-5-12(15)17/h2,4,6H,3,5H2,1H3,(H,14,16). The molecule has 0 bridgehead atoms. The molecule has 0 atom stereocenters. The molecule has 0 saturated heterocycles. The molecule has 17 heavy (non-hydrogen) atoms. The number of nitrogens with zero attached hydrogens (tertiary/aromatic N) is 2. The fourth-order valence-corrected chi connectivity index (χ4v) is 1.84. The maximum absolute atomic E-state index is 11.7. The molecule has 0 aromatic heterocycles. The van der Waals surface area contributed by atoms with Crippen LogP contribution in [0, 0.1) is 11.3 Å². The zero-order valence-electron chi connectivity index (χ0n) is 9.36. The first-order valence-electron chi connectivity index (χ1n) is 5.25. The van der Waals surface area contributed by atoms with E-state index in [1.165, 1.54) is 11.9 Å². The summed E-state index contributed by atoms with van der Waals surface area (Å²) >= 11 is 0. The van der Waals surface area contributed by atoms with Crippen LogP contribution in [0.15, 0.2) is 18.2 Å². The molecule has 1 aromatic rings. The lowest BCUT2D eigenvalue weighted by atomic mass is 10.0. The van der Waals surface area contributed by atoms with Gasteiger partial charge >= 0.3 is 0 Å². The Kier molecular flexibility index (Phi) is 2.79. The van der Waals surface area contributed by atoms with Crippen molar-refractivity contribution in [1.29, 1.82) is 5.26 Å². The zero-order chi connectivity index (χ0) is 12.4. The van der Waals surface area contributed by atoms with Crippen molar-refractivity contribution in [2.45, 2.75) is 19.8 Å². The van der Waals surface area contributed by atoms with Gasteiger partial charge in [-0.25, -0.2) is 5.01 Å². The van der Waals surface area contributed by atoms with Gasteiger partial charge in [-0.15, -0.1) is 0 Å². The first kappa shape index (κ1) is 11.1. The van der Waals surface area contributed by atoms with Crippen molar-refractivity contribution in [3.63, 3.8) is 0 Å². The number of nitriles is 1. The molecule has 5 nitrogen and oxygen atoms in total. The molecule has 0 aliphatic carbocycles. The van der Waals surface area contributed by atoms with Gasteiger partial charge in [0.05, 0.1) is 17.3 Å². The van der Waals surface area contributed by atoms with Crippen LogP contribution in [-0.2, 0) is 16.0 Å². The molecule has 0 spiro atoms. The fraction of sp³-hybridized carbons (Fsp3) is 0.250. The quantitative estimate of drug-likeness (QED) is 0.777. The van der Waals surface area contributed by atoms with E-state index in [1.54, 1.807) is 18.2 Å². The molecule has 5 heteroatoms. The lowest BCUT2D eigenvalue weighted by Crippen LogP contribution is -2.47. The number of carbonyl (C=O) groups excluding carboxylic acids is 2. The number of hydrazine groups is 1. The minimum atomic E-state index is -0.296. The van der Waals surface area contributed by atoms with Gasteiger partial charge in [0.15, 0.2) is 0 Å². The van der Waals surface area contributed by atoms with Crippen molar-refractivity contribution in [2.24, 2.45) is 0 Å². The average Bonchev–Trinajstić information content (AvgIpc) is 2.32. The molecular formula is C12H11N3O2. The Balaban J connectivity index is 2.42. The maximum Gasteiger partial charge on any atom is 0.246 e. The third-order valence-electron chi connectivity index (χ3n) is 2.58. The van der Waals surface area contributed by atoms with Crippen molar-refractivity contribution in [3.05, 3.63) is 29.3 Å². The van der Waals surface area contributed by atoms with E-state index in [4.69, 9.17) is 5.26 Å². The Bertz CT molecular complexity index is 531. The molecule has 0 fully saturated rings. The van der Waals surface area contributed by atoms with Gasteiger partial charge in [-0.05, 0) is 30.2 Å². The predicted octanol–water partition coefficient (Wildman–Crippen LogP) is 0.889. The average molecular weight is 229 g/mol. The van der Waals surface area contributed by atoms with Crippen molar-refractivity contribution < 1.29 is 9.59 Å². The summed E-state index contributed by atoms with van der Waals surface area (Å²) in [5, 5.41) is 10.1. The van der Waals surface area contributed by atoms with Crippen LogP contribution in [0.2, 0.25) is 0 Å². The van der Waals surface area contributed by atoms with Crippen LogP contribution in [0.1, 0.15) is 24.5 Å². The number of aryl methyl sites for hydroxylation is 1. The van der Waals surface area contributed by atoms with E-state index in [2.05, 4.69) is 11.5 Å². The number of rotatable bonds is 1. The monoisotopic (exact) mass is 229 g/mol. The van der Waals surface area contributed by atoms with Gasteiger partial charge in [0, 0.05) is 13.3 Å². The molecule has 0 saturated carbocycles. The lowest BCUT2D eigenvalue weighted by Gasteiger charge is -2.29. The predicted molar refractivity (Wildman–Crippen MR) is 60.8 cm³/mol. The van der Waals surface area contributed by atoms with Crippen molar-refractivity contribution in [1.82, 2.24) is 5.43 Å². The third kappa shape index (κ3) is 2.11. The minimum absolute atomic E-state index is 0.141. The summed E-state index contributed by atoms with van der Waals surface area (Å²) < 4.78 is 0. The van der Waals surface area contributed by atoms with E-state index in [0.717, 1.165) is 5.56 Å². The summed E-state index contributed by atoms with van der Waals surface area (Å²) in [5.41, 5.74) is 4.59. The van der Waals surface area contributed by atoms with Crippen LogP contribution in [0.4, 0.5) is 5.69 Å². The normalized spacial score (nSPS) is 13.9. The molecular weight excluding hydrogens is 218 g/mol. The van der Waals surface area contributed by atoms with Gasteiger partial charge in [0.25, 0.3) is 0 Å². The van der Waals surface area contributed by atoms with Gasteiger partial charge in [0.2, 0.25) is 11.8 Å². The Labute approximate surface area is 98.6 Å². The van der Waals surface area contributed by atoms with Crippen LogP contribution in [0.5, 0.6) is 0 Å². The Morgan fingerprint density at radius 2 is 2.24 bits per heavy atom. The molecule has 86 valence electrons. The number of amides is 2. The molecule has 0 radical (unpaired) electrons. The van der Waals surface area contributed by atoms with Crippen molar-refractivity contribution in [3.8, 4) is 6.07 Å². The number of anilines is 1. The number of carbonyl (C=O) groups is 2. The lowest BCUT2D eigenvalue weighted by molar-refractivity contribution is -0.125. The molecule has 2 amide bonds. The highest BCUT2D eigenvalue weighted by atomic mass is 16.2. The van der Waals surface area contributed by atoms with E-state index >= 15 is 0 Å². The molecule has 1 heterocycles. The summed E-state index contributed by atoms with van der Waals surface area (Å²) in [6.45, 7) is 1.35. The Morgan fingerprint density at radius 1 is 1.47 bits per heavy atom. The second-order valence-corrected chi connectivity index (χ2v) is 3.85. The molecule has 1 aliphatic rings. The van der Waals surface area contributed by atoms with Gasteiger partial charge in [-0.3, -0.25) is 15.0 Å². The SMILES string of the molecule is CC(=O)NN1C(=O)CCc2cc(C#N)ccc21. The highest BCUT2D eigenvalue weighted by molar-refractivity contribution is 5.98. The Morgan fingerprint density at radius 3 is 2.88 bits per heavy atom. The fourth-order valence-electron chi connectivity index (χ4n) is 1.84. The first-order valence-corrected chi connectivity index (χ1v) is 5.25. The summed E-state index contributed by atoms with van der Waals surface area (Å²) in [5.74, 6) is -0.437. The summed E-state index contributed by atoms with van der Waals surface area (Å²) in [6.07, 6.45) is 0.932. The topological polar surface area (TPSA) is 73.2 Å². The van der Waals surface area contributed by atoms with Crippen LogP contribution in [-0.4, -0.2) is 11.8 Å². The smallest absolute Gasteiger partial charge is 0.246 e. The van der Waals surface area contributed by atoms with E-state index in [9.17, 15) is 9.59 Å². The van der Waals surface area contributed by atoms with Crippen LogP contribution < -0.4 is 10.4 Å². The molecule has 1 N–H and O–H groups in total. The summed E-state index contributed by atoms with van der Waals surface area (Å²) in [4.78, 5) is 22.7. The van der Waals surface area contributed by atoms with Crippen molar-refractivity contribution >= 4 is 17.5 Å². The van der Waals surface area contributed by atoms with Gasteiger partial charge in [-0.1, -0.05) is 0 Å². The number of hydrogen-bond acceptors (Lipinski definition) is 3. The second-order valence-electron chi connectivity index (χ2n) is 3.85. The molecule has 1 aromatic carbocycles. The Hall–Kier alpha value is -2.35. The molecule has 2 rings (SSSR count). The highest BCUT2D eigenvalue weighted by Gasteiger charge is 2.25. The molecule has 0 unspecified atom stereocenters. The van der Waals surface area contributed by atoms with Crippen LogP contribution in [0.25, 0.3) is 0 Å². The van der Waals surface area contributed by atoms with Crippen molar-refractivity contribution in [2.75, 3.05) is 5.01 Å². The highest BCUT2D eigenvalue weighted by Crippen LogP contribution is 2.27. The number of benzene rings is 1. The number of nitrogens with one attached hydrogen (secondary N) is 1. The van der Waals surface area contributed by atoms with Crippen LogP contribution >= 0.6 is 0 Å². The largest absolute Gasteiger partial charge is 0.274 e. The van der Waals surface area contributed by atoms with Gasteiger partial charge in [0.1, 0.15) is 0 Å². The number of fused-ring (bicyclic) bond motifs is 1. The summed E-state index contributed by atoms with van der Waals surface area (Å²) in [7, 11) is 0. The maximum atomic E-state index is 11.7. The second kappa shape index (κ2) is 4.26.